The van der Waals surface area contributed by atoms with Gasteiger partial charge in [-0.2, -0.15) is 10.1 Å². The Kier molecular flexibility index (Phi) is 2.90. The van der Waals surface area contributed by atoms with E-state index in [0.29, 0.717) is 28.2 Å². The fourth-order valence-corrected chi connectivity index (χ4v) is 2.19. The van der Waals surface area contributed by atoms with Crippen LogP contribution in [0.5, 0.6) is 0 Å². The summed E-state index contributed by atoms with van der Waals surface area (Å²) in [5.41, 5.74) is 1.47. The van der Waals surface area contributed by atoms with Crippen molar-refractivity contribution < 1.29 is 4.39 Å². The summed E-state index contributed by atoms with van der Waals surface area (Å²) >= 11 is 3.33. The minimum atomic E-state index is -0.341. The van der Waals surface area contributed by atoms with Crippen LogP contribution >= 0.6 is 15.9 Å². The zero-order chi connectivity index (χ0) is 13.4. The minimum absolute atomic E-state index is 0.341. The van der Waals surface area contributed by atoms with Gasteiger partial charge in [0.1, 0.15) is 5.82 Å². The Morgan fingerprint density at radius 2 is 2.16 bits per heavy atom. The number of anilines is 1. The van der Waals surface area contributed by atoms with Gasteiger partial charge in [0.15, 0.2) is 5.65 Å². The molecule has 0 radical (unpaired) electrons. The molecule has 2 aromatic heterocycles. The number of rotatable bonds is 2. The summed E-state index contributed by atoms with van der Waals surface area (Å²) in [4.78, 5) is 8.54. The van der Waals surface area contributed by atoms with E-state index < -0.39 is 0 Å². The number of hydrogen-bond donors (Lipinski definition) is 2. The average molecular weight is 322 g/mol. The smallest absolute Gasteiger partial charge is 0.225 e. The number of halogens is 2. The number of hydrogen-bond acceptors (Lipinski definition) is 4. The van der Waals surface area contributed by atoms with Crippen molar-refractivity contribution in [2.45, 2.75) is 0 Å². The van der Waals surface area contributed by atoms with Crippen LogP contribution < -0.4 is 5.32 Å². The number of nitrogens with one attached hydrogen (secondary N) is 2. The van der Waals surface area contributed by atoms with Crippen LogP contribution in [-0.4, -0.2) is 27.2 Å². The van der Waals surface area contributed by atoms with Gasteiger partial charge in [-0.15, -0.1) is 0 Å². The number of nitrogens with zero attached hydrogens (tertiary/aromatic N) is 3. The third kappa shape index (κ3) is 2.06. The van der Waals surface area contributed by atoms with Crippen LogP contribution in [0.1, 0.15) is 0 Å². The summed E-state index contributed by atoms with van der Waals surface area (Å²) in [6, 6.07) is 4.72. The lowest BCUT2D eigenvalue weighted by Gasteiger charge is -2.07. The average Bonchev–Trinajstić information content (AvgIpc) is 2.88. The van der Waals surface area contributed by atoms with Crippen LogP contribution in [0.15, 0.2) is 28.9 Å². The highest BCUT2D eigenvalue weighted by atomic mass is 79.9. The first-order valence-corrected chi connectivity index (χ1v) is 6.32. The van der Waals surface area contributed by atoms with Crippen molar-refractivity contribution >= 4 is 32.9 Å². The number of benzene rings is 1. The van der Waals surface area contributed by atoms with Crippen LogP contribution in [0.25, 0.3) is 22.3 Å². The molecule has 2 N–H and O–H groups in total. The van der Waals surface area contributed by atoms with Crippen LogP contribution in [0.3, 0.4) is 0 Å². The van der Waals surface area contributed by atoms with Crippen LogP contribution in [0, 0.1) is 5.82 Å². The molecule has 0 fully saturated rings. The molecular weight excluding hydrogens is 313 g/mol. The second-order valence-corrected chi connectivity index (χ2v) is 4.82. The highest BCUT2D eigenvalue weighted by Gasteiger charge is 2.14. The first kappa shape index (κ1) is 12.0. The van der Waals surface area contributed by atoms with Gasteiger partial charge in [-0.05, 0) is 18.2 Å². The maximum atomic E-state index is 14.0. The third-order valence-corrected chi connectivity index (χ3v) is 3.21. The Hall–Kier alpha value is -2.02. The molecule has 2 heterocycles. The van der Waals surface area contributed by atoms with E-state index in [1.54, 1.807) is 25.4 Å². The Labute approximate surface area is 116 Å². The van der Waals surface area contributed by atoms with Gasteiger partial charge in [-0.3, -0.25) is 5.10 Å². The molecule has 0 saturated heterocycles. The molecule has 0 amide bonds. The van der Waals surface area contributed by atoms with Crippen molar-refractivity contribution in [1.82, 2.24) is 20.2 Å². The van der Waals surface area contributed by atoms with Crippen LogP contribution in [0.2, 0.25) is 0 Å². The van der Waals surface area contributed by atoms with E-state index in [2.05, 4.69) is 41.4 Å². The quantitative estimate of drug-likeness (QED) is 0.761. The molecule has 5 nitrogen and oxygen atoms in total. The summed E-state index contributed by atoms with van der Waals surface area (Å²) in [7, 11) is 1.71. The molecule has 19 heavy (non-hydrogen) atoms. The molecule has 0 unspecified atom stereocenters. The SMILES string of the molecule is CNc1nc(-c2cc(Br)ccc2F)c2cn[nH]c2n1. The van der Waals surface area contributed by atoms with E-state index in [0.717, 1.165) is 4.47 Å². The Morgan fingerprint density at radius 3 is 2.95 bits per heavy atom. The first-order chi connectivity index (χ1) is 9.19. The van der Waals surface area contributed by atoms with Crippen molar-refractivity contribution in [1.29, 1.82) is 0 Å². The lowest BCUT2D eigenvalue weighted by atomic mass is 10.1. The molecule has 0 spiro atoms. The second kappa shape index (κ2) is 4.58. The third-order valence-electron chi connectivity index (χ3n) is 2.72. The molecule has 0 atom stereocenters. The van der Waals surface area contributed by atoms with E-state index in [4.69, 9.17) is 0 Å². The number of fused-ring (bicyclic) bond motifs is 1. The predicted octanol–water partition coefficient (Wildman–Crippen LogP) is 2.96. The molecule has 7 heteroatoms. The number of aromatic amines is 1. The standard InChI is InChI=1S/C12H9BrFN5/c1-15-12-17-10(8-5-16-19-11(8)18-12)7-4-6(13)2-3-9(7)14/h2-5H,1H3,(H2,15,16,17,18,19). The minimum Gasteiger partial charge on any atom is -0.357 e. The Morgan fingerprint density at radius 1 is 1.32 bits per heavy atom. The van der Waals surface area contributed by atoms with Crippen molar-refractivity contribution in [2.75, 3.05) is 12.4 Å². The van der Waals surface area contributed by atoms with Gasteiger partial charge in [-0.25, -0.2) is 9.37 Å². The molecule has 0 saturated carbocycles. The van der Waals surface area contributed by atoms with Gasteiger partial charge in [-0.1, -0.05) is 15.9 Å². The van der Waals surface area contributed by atoms with Gasteiger partial charge < -0.3 is 5.32 Å². The lowest BCUT2D eigenvalue weighted by Crippen LogP contribution is -1.99. The second-order valence-electron chi connectivity index (χ2n) is 3.90. The number of aromatic nitrogens is 4. The summed E-state index contributed by atoms with van der Waals surface area (Å²) in [6.45, 7) is 0. The normalized spacial score (nSPS) is 10.9. The molecule has 3 aromatic rings. The summed E-state index contributed by atoms with van der Waals surface area (Å²) in [5, 5.41) is 10.2. The number of H-pyrrole nitrogens is 1. The van der Waals surface area contributed by atoms with Crippen molar-refractivity contribution in [3.05, 3.63) is 34.7 Å². The monoisotopic (exact) mass is 321 g/mol. The summed E-state index contributed by atoms with van der Waals surface area (Å²) < 4.78 is 14.8. The molecule has 0 aliphatic heterocycles. The topological polar surface area (TPSA) is 66.5 Å². The van der Waals surface area contributed by atoms with Crippen molar-refractivity contribution in [3.63, 3.8) is 0 Å². The molecule has 96 valence electrons. The van der Waals surface area contributed by atoms with Gasteiger partial charge in [0.2, 0.25) is 5.95 Å². The molecule has 1 aromatic carbocycles. The maximum Gasteiger partial charge on any atom is 0.225 e. The molecule has 0 bridgehead atoms. The highest BCUT2D eigenvalue weighted by molar-refractivity contribution is 9.10. The molecule has 0 aliphatic carbocycles. The largest absolute Gasteiger partial charge is 0.357 e. The predicted molar refractivity (Wildman–Crippen MR) is 74.3 cm³/mol. The Bertz CT molecular complexity index is 755. The molecule has 3 rings (SSSR count). The van der Waals surface area contributed by atoms with Crippen LogP contribution in [-0.2, 0) is 0 Å². The van der Waals surface area contributed by atoms with E-state index >= 15 is 0 Å². The van der Waals surface area contributed by atoms with Gasteiger partial charge >= 0.3 is 0 Å². The van der Waals surface area contributed by atoms with E-state index in [-0.39, 0.29) is 5.82 Å². The van der Waals surface area contributed by atoms with E-state index in [9.17, 15) is 4.39 Å². The van der Waals surface area contributed by atoms with Gasteiger partial charge in [0.25, 0.3) is 0 Å². The zero-order valence-corrected chi connectivity index (χ0v) is 11.5. The van der Waals surface area contributed by atoms with Crippen LogP contribution in [0.4, 0.5) is 10.3 Å². The maximum absolute atomic E-state index is 14.0. The van der Waals surface area contributed by atoms with Gasteiger partial charge in [0.05, 0.1) is 17.3 Å². The summed E-state index contributed by atoms with van der Waals surface area (Å²) in [5.74, 6) is 0.0672. The molecular formula is C12H9BrFN5. The fraction of sp³-hybridized carbons (Fsp3) is 0.0833. The fourth-order valence-electron chi connectivity index (χ4n) is 1.83. The highest BCUT2D eigenvalue weighted by Crippen LogP contribution is 2.30. The summed E-state index contributed by atoms with van der Waals surface area (Å²) in [6.07, 6.45) is 1.59. The lowest BCUT2D eigenvalue weighted by molar-refractivity contribution is 0.630. The first-order valence-electron chi connectivity index (χ1n) is 5.53. The molecule has 0 aliphatic rings. The van der Waals surface area contributed by atoms with Crippen molar-refractivity contribution in [3.8, 4) is 11.3 Å². The van der Waals surface area contributed by atoms with Crippen molar-refractivity contribution in [2.24, 2.45) is 0 Å². The van der Waals surface area contributed by atoms with E-state index in [1.807, 2.05) is 0 Å². The van der Waals surface area contributed by atoms with E-state index in [1.165, 1.54) is 6.07 Å². The zero-order valence-electron chi connectivity index (χ0n) is 9.91. The van der Waals surface area contributed by atoms with Gasteiger partial charge in [0, 0.05) is 17.1 Å². The Balaban J connectivity index is 2.34.